The fourth-order valence-electron chi connectivity index (χ4n) is 3.93. The molecular formula is C20H17BrN2O7. The van der Waals surface area contributed by atoms with Crippen molar-refractivity contribution in [2.24, 2.45) is 0 Å². The number of aliphatic hydroxyl groups is 1. The molecular weight excluding hydrogens is 460 g/mol. The van der Waals surface area contributed by atoms with Crippen LogP contribution in [0.2, 0.25) is 0 Å². The molecule has 0 spiro atoms. The summed E-state index contributed by atoms with van der Waals surface area (Å²) in [6, 6.07) is 5.97. The number of hydrogen-bond acceptors (Lipinski definition) is 8. The first-order valence-electron chi connectivity index (χ1n) is 9.13. The number of halogens is 1. The second-order valence-corrected chi connectivity index (χ2v) is 7.92. The molecule has 1 aliphatic heterocycles. The predicted octanol–water partition coefficient (Wildman–Crippen LogP) is 2.98. The molecule has 9 nitrogen and oxygen atoms in total. The van der Waals surface area contributed by atoms with E-state index in [0.717, 1.165) is 6.07 Å². The van der Waals surface area contributed by atoms with E-state index in [1.807, 2.05) is 0 Å². The molecule has 4 rings (SSSR count). The van der Waals surface area contributed by atoms with Gasteiger partial charge >= 0.3 is 0 Å². The number of non-ortho nitro benzene ring substituents is 1. The average molecular weight is 477 g/mol. The maximum absolute atomic E-state index is 12.8. The number of aromatic hydroxyl groups is 2. The van der Waals surface area contributed by atoms with Crippen molar-refractivity contribution in [3.63, 3.8) is 0 Å². The lowest BCUT2D eigenvalue weighted by Gasteiger charge is -2.20. The highest BCUT2D eigenvalue weighted by Gasteiger charge is 2.33. The largest absolute Gasteiger partial charge is 0.507 e. The van der Waals surface area contributed by atoms with E-state index in [-0.39, 0.29) is 46.7 Å². The number of nitrogens with zero attached hydrogens (tertiary/aromatic N) is 1. The third-order valence-corrected chi connectivity index (χ3v) is 6.00. The molecule has 3 aromatic rings. The Bertz CT molecular complexity index is 1220. The Hall–Kier alpha value is -2.95. The SMILES string of the molecule is O=c1cc(-c2ccc([N+](=O)[O-])cc2Br)oc2c(C3CCNC3CO)c(O)cc(O)c12. The molecule has 1 aliphatic rings. The summed E-state index contributed by atoms with van der Waals surface area (Å²) in [6.07, 6.45) is 0.591. The summed E-state index contributed by atoms with van der Waals surface area (Å²) < 4.78 is 6.33. The van der Waals surface area contributed by atoms with Crippen LogP contribution in [-0.4, -0.2) is 39.4 Å². The summed E-state index contributed by atoms with van der Waals surface area (Å²) in [5.74, 6) is -0.875. The van der Waals surface area contributed by atoms with Gasteiger partial charge < -0.3 is 25.1 Å². The standard InChI is InChI=1S/C20H17BrN2O7/c21-12-5-9(23(28)29)1-2-10(12)17-7-16(27)19-15(26)6-14(25)18(20(19)30-17)11-3-4-22-13(11)8-24/h1-2,5-7,11,13,22,24-26H,3-4,8H2. The van der Waals surface area contributed by atoms with Crippen molar-refractivity contribution in [2.75, 3.05) is 13.2 Å². The Labute approximate surface area is 177 Å². The number of hydrogen-bond donors (Lipinski definition) is 4. The van der Waals surface area contributed by atoms with Crippen molar-refractivity contribution >= 4 is 32.6 Å². The molecule has 4 N–H and O–H groups in total. The number of aliphatic hydroxyl groups excluding tert-OH is 1. The zero-order valence-electron chi connectivity index (χ0n) is 15.5. The Balaban J connectivity index is 1.98. The summed E-state index contributed by atoms with van der Waals surface area (Å²) >= 11 is 3.27. The maximum atomic E-state index is 12.8. The van der Waals surface area contributed by atoms with Gasteiger partial charge in [-0.1, -0.05) is 0 Å². The first-order chi connectivity index (χ1) is 14.3. The minimum atomic E-state index is -0.540. The zero-order chi connectivity index (χ0) is 21.6. The zero-order valence-corrected chi connectivity index (χ0v) is 17.0. The smallest absolute Gasteiger partial charge is 0.270 e. The quantitative estimate of drug-likeness (QED) is 0.332. The van der Waals surface area contributed by atoms with Crippen LogP contribution in [0.3, 0.4) is 0 Å². The molecule has 0 saturated carbocycles. The van der Waals surface area contributed by atoms with Gasteiger partial charge in [0.15, 0.2) is 5.43 Å². The number of nitrogens with one attached hydrogen (secondary N) is 1. The maximum Gasteiger partial charge on any atom is 0.270 e. The highest BCUT2D eigenvalue weighted by Crippen LogP contribution is 2.43. The van der Waals surface area contributed by atoms with E-state index in [1.54, 1.807) is 0 Å². The van der Waals surface area contributed by atoms with Crippen molar-refractivity contribution in [1.29, 1.82) is 0 Å². The van der Waals surface area contributed by atoms with Crippen molar-refractivity contribution in [2.45, 2.75) is 18.4 Å². The third-order valence-electron chi connectivity index (χ3n) is 5.34. The highest BCUT2D eigenvalue weighted by molar-refractivity contribution is 9.10. The third kappa shape index (κ3) is 3.32. The van der Waals surface area contributed by atoms with E-state index >= 15 is 0 Å². The molecule has 30 heavy (non-hydrogen) atoms. The number of nitro groups is 1. The first kappa shape index (κ1) is 20.3. The molecule has 0 aliphatic carbocycles. The minimum absolute atomic E-state index is 0.0207. The summed E-state index contributed by atoms with van der Waals surface area (Å²) in [5, 5.41) is 44.5. The summed E-state index contributed by atoms with van der Waals surface area (Å²) in [6.45, 7) is 0.430. The Kier molecular flexibility index (Phi) is 5.22. The van der Waals surface area contributed by atoms with Gasteiger partial charge in [0.1, 0.15) is 28.2 Å². The van der Waals surface area contributed by atoms with Gasteiger partial charge in [-0.15, -0.1) is 0 Å². The Morgan fingerprint density at radius 1 is 1.23 bits per heavy atom. The fraction of sp³-hybridized carbons (Fsp3) is 0.250. The number of benzene rings is 2. The normalized spacial score (nSPS) is 18.7. The van der Waals surface area contributed by atoms with Gasteiger partial charge in [0.25, 0.3) is 5.69 Å². The van der Waals surface area contributed by atoms with Crippen molar-refractivity contribution in [3.05, 3.63) is 60.7 Å². The molecule has 2 aromatic carbocycles. The Morgan fingerprint density at radius 3 is 2.67 bits per heavy atom. The molecule has 2 heterocycles. The van der Waals surface area contributed by atoms with Crippen LogP contribution in [0.15, 0.2) is 44.0 Å². The molecule has 1 aromatic heterocycles. The number of nitro benzene ring substituents is 1. The van der Waals surface area contributed by atoms with Gasteiger partial charge in [-0.25, -0.2) is 0 Å². The lowest BCUT2D eigenvalue weighted by molar-refractivity contribution is -0.384. The number of rotatable bonds is 4. The fourth-order valence-corrected chi connectivity index (χ4v) is 4.50. The van der Waals surface area contributed by atoms with Crippen molar-refractivity contribution < 1.29 is 24.7 Å². The van der Waals surface area contributed by atoms with Crippen LogP contribution in [0.25, 0.3) is 22.3 Å². The first-order valence-corrected chi connectivity index (χ1v) is 9.92. The van der Waals surface area contributed by atoms with E-state index in [1.165, 1.54) is 24.3 Å². The number of phenols is 2. The van der Waals surface area contributed by atoms with Crippen LogP contribution in [-0.2, 0) is 0 Å². The summed E-state index contributed by atoms with van der Waals surface area (Å²) in [7, 11) is 0. The lowest BCUT2D eigenvalue weighted by Crippen LogP contribution is -2.29. The predicted molar refractivity (Wildman–Crippen MR) is 112 cm³/mol. The minimum Gasteiger partial charge on any atom is -0.507 e. The second kappa shape index (κ2) is 7.71. The molecule has 2 unspecified atom stereocenters. The van der Waals surface area contributed by atoms with Gasteiger partial charge in [-0.2, -0.15) is 0 Å². The van der Waals surface area contributed by atoms with Gasteiger partial charge in [-0.05, 0) is 35.0 Å². The molecule has 2 atom stereocenters. The summed E-state index contributed by atoms with van der Waals surface area (Å²) in [4.78, 5) is 23.3. The molecule has 0 amide bonds. The van der Waals surface area contributed by atoms with Gasteiger partial charge in [0.2, 0.25) is 0 Å². The van der Waals surface area contributed by atoms with Gasteiger partial charge in [0, 0.05) is 51.8 Å². The van der Waals surface area contributed by atoms with Crippen LogP contribution < -0.4 is 10.7 Å². The van der Waals surface area contributed by atoms with E-state index in [0.29, 0.717) is 28.6 Å². The molecule has 1 fully saturated rings. The van der Waals surface area contributed by atoms with Gasteiger partial charge in [-0.3, -0.25) is 14.9 Å². The molecule has 0 radical (unpaired) electrons. The molecule has 156 valence electrons. The van der Waals surface area contributed by atoms with Crippen LogP contribution in [0.1, 0.15) is 17.9 Å². The topological polar surface area (TPSA) is 146 Å². The van der Waals surface area contributed by atoms with Crippen LogP contribution >= 0.6 is 15.9 Å². The second-order valence-electron chi connectivity index (χ2n) is 7.07. The Morgan fingerprint density at radius 2 is 2.00 bits per heavy atom. The van der Waals surface area contributed by atoms with Gasteiger partial charge in [0.05, 0.1) is 11.5 Å². The summed E-state index contributed by atoms with van der Waals surface area (Å²) in [5.41, 5.74) is 0.0854. The number of phenolic OH excluding ortho intramolecular Hbond substituents is 2. The molecule has 10 heteroatoms. The molecule has 0 bridgehead atoms. The van der Waals surface area contributed by atoms with Crippen molar-refractivity contribution in [1.82, 2.24) is 5.32 Å². The molecule has 1 saturated heterocycles. The van der Waals surface area contributed by atoms with Crippen LogP contribution in [0, 0.1) is 10.1 Å². The monoisotopic (exact) mass is 476 g/mol. The number of fused-ring (bicyclic) bond motifs is 1. The van der Waals surface area contributed by atoms with Crippen molar-refractivity contribution in [3.8, 4) is 22.8 Å². The van der Waals surface area contributed by atoms with Crippen LogP contribution in [0.4, 0.5) is 5.69 Å². The van der Waals surface area contributed by atoms with Crippen LogP contribution in [0.5, 0.6) is 11.5 Å². The van der Waals surface area contributed by atoms with E-state index in [2.05, 4.69) is 21.2 Å². The van der Waals surface area contributed by atoms with E-state index in [4.69, 9.17) is 4.42 Å². The lowest BCUT2D eigenvalue weighted by atomic mass is 9.89. The average Bonchev–Trinajstić information content (AvgIpc) is 3.15. The highest BCUT2D eigenvalue weighted by atomic mass is 79.9. The van der Waals surface area contributed by atoms with E-state index < -0.39 is 16.1 Å². The van der Waals surface area contributed by atoms with E-state index in [9.17, 15) is 30.2 Å².